The van der Waals surface area contributed by atoms with Gasteiger partial charge in [0.05, 0.1) is 17.7 Å². The Kier molecular flexibility index (Phi) is 5.38. The predicted molar refractivity (Wildman–Crippen MR) is 104 cm³/mol. The van der Waals surface area contributed by atoms with Crippen LogP contribution in [0.25, 0.3) is 0 Å². The number of rotatable bonds is 5. The first-order valence-corrected chi connectivity index (χ1v) is 10.1. The van der Waals surface area contributed by atoms with E-state index in [1.165, 1.54) is 42.7 Å². The first kappa shape index (κ1) is 19.2. The van der Waals surface area contributed by atoms with Gasteiger partial charge < -0.3 is 15.4 Å². The lowest BCUT2D eigenvalue weighted by atomic mass is 10.2. The first-order valence-electron chi connectivity index (χ1n) is 8.61. The van der Waals surface area contributed by atoms with E-state index >= 15 is 0 Å². The van der Waals surface area contributed by atoms with Gasteiger partial charge in [-0.25, -0.2) is 8.42 Å². The maximum Gasteiger partial charge on any atom is 0.264 e. The van der Waals surface area contributed by atoms with E-state index in [9.17, 15) is 13.2 Å². The summed E-state index contributed by atoms with van der Waals surface area (Å²) in [6.45, 7) is 1.14. The Balaban J connectivity index is 1.84. The van der Waals surface area contributed by atoms with E-state index in [-0.39, 0.29) is 16.8 Å². The van der Waals surface area contributed by atoms with E-state index in [1.54, 1.807) is 29.2 Å². The summed E-state index contributed by atoms with van der Waals surface area (Å²) >= 11 is 0. The van der Waals surface area contributed by atoms with Gasteiger partial charge in [0.1, 0.15) is 5.75 Å². The van der Waals surface area contributed by atoms with Gasteiger partial charge in [-0.05, 0) is 42.8 Å². The van der Waals surface area contributed by atoms with Crippen LogP contribution in [-0.4, -0.2) is 52.5 Å². The Hall–Kier alpha value is -2.58. The Labute approximate surface area is 159 Å². The monoisotopic (exact) mass is 389 g/mol. The zero-order valence-electron chi connectivity index (χ0n) is 15.3. The van der Waals surface area contributed by atoms with Crippen LogP contribution in [0.1, 0.15) is 16.8 Å². The summed E-state index contributed by atoms with van der Waals surface area (Å²) in [5.74, 6) is 0.325. The number of carbonyl (C=O) groups excluding carboxylic acids is 1. The molecule has 0 aromatic heterocycles. The number of para-hydroxylation sites is 2. The highest BCUT2D eigenvalue weighted by molar-refractivity contribution is 7.92. The van der Waals surface area contributed by atoms with E-state index in [2.05, 4.69) is 0 Å². The SMILES string of the molecule is COc1ccccc1N(C)S(=O)(=O)c1ccc(C(=O)N2CC[C@@H](N)C2)cc1. The highest BCUT2D eigenvalue weighted by Crippen LogP contribution is 2.31. The molecule has 2 aromatic carbocycles. The molecule has 1 aliphatic rings. The average Bonchev–Trinajstić information content (AvgIpc) is 3.13. The standard InChI is InChI=1S/C19H23N3O4S/c1-21(17-5-3-4-6-18(17)26-2)27(24,25)16-9-7-14(8-10-16)19(23)22-12-11-15(20)13-22/h3-10,15H,11-13,20H2,1-2H3/t15-/m1/s1. The van der Waals surface area contributed by atoms with E-state index in [0.717, 1.165) is 6.42 Å². The zero-order chi connectivity index (χ0) is 19.6. The molecule has 27 heavy (non-hydrogen) atoms. The van der Waals surface area contributed by atoms with Gasteiger partial charge in [0.2, 0.25) is 0 Å². The van der Waals surface area contributed by atoms with Crippen molar-refractivity contribution in [1.82, 2.24) is 4.90 Å². The van der Waals surface area contributed by atoms with Crippen molar-refractivity contribution >= 4 is 21.6 Å². The molecule has 1 atom stereocenters. The molecule has 0 saturated carbocycles. The molecule has 0 bridgehead atoms. The number of amides is 1. The largest absolute Gasteiger partial charge is 0.495 e. The lowest BCUT2D eigenvalue weighted by molar-refractivity contribution is 0.0791. The number of sulfonamides is 1. The first-order chi connectivity index (χ1) is 12.8. The number of hydrogen-bond acceptors (Lipinski definition) is 5. The van der Waals surface area contributed by atoms with Gasteiger partial charge in [-0.3, -0.25) is 9.10 Å². The molecular weight excluding hydrogens is 366 g/mol. The summed E-state index contributed by atoms with van der Waals surface area (Å²) in [7, 11) is -0.826. The van der Waals surface area contributed by atoms with Gasteiger partial charge in [-0.2, -0.15) is 0 Å². The van der Waals surface area contributed by atoms with Crippen molar-refractivity contribution < 1.29 is 17.9 Å². The zero-order valence-corrected chi connectivity index (χ0v) is 16.1. The molecule has 1 saturated heterocycles. The Bertz CT molecular complexity index is 928. The molecule has 3 rings (SSSR count). The third-order valence-electron chi connectivity index (χ3n) is 4.70. The molecule has 2 N–H and O–H groups in total. The van der Waals surface area contributed by atoms with Crippen LogP contribution in [0, 0.1) is 0 Å². The number of benzene rings is 2. The summed E-state index contributed by atoms with van der Waals surface area (Å²) in [5, 5.41) is 0. The predicted octanol–water partition coefficient (Wildman–Crippen LogP) is 1.69. The van der Waals surface area contributed by atoms with Crippen molar-refractivity contribution in [1.29, 1.82) is 0 Å². The smallest absolute Gasteiger partial charge is 0.264 e. The van der Waals surface area contributed by atoms with Crippen LogP contribution in [0.3, 0.4) is 0 Å². The van der Waals surface area contributed by atoms with Gasteiger partial charge in [-0.1, -0.05) is 12.1 Å². The molecule has 7 nitrogen and oxygen atoms in total. The second kappa shape index (κ2) is 7.58. The number of methoxy groups -OCH3 is 1. The number of carbonyl (C=O) groups is 1. The van der Waals surface area contributed by atoms with Gasteiger partial charge in [-0.15, -0.1) is 0 Å². The maximum absolute atomic E-state index is 12.9. The summed E-state index contributed by atoms with van der Waals surface area (Å²) in [6, 6.07) is 12.9. The average molecular weight is 389 g/mol. The van der Waals surface area contributed by atoms with E-state index in [1.807, 2.05) is 0 Å². The van der Waals surface area contributed by atoms with Crippen LogP contribution >= 0.6 is 0 Å². The molecular formula is C19H23N3O4S. The molecule has 8 heteroatoms. The molecule has 1 heterocycles. The lowest BCUT2D eigenvalue weighted by Gasteiger charge is -2.22. The highest BCUT2D eigenvalue weighted by atomic mass is 32.2. The van der Waals surface area contributed by atoms with Crippen molar-refractivity contribution in [3.63, 3.8) is 0 Å². The van der Waals surface area contributed by atoms with Crippen molar-refractivity contribution in [2.24, 2.45) is 5.73 Å². The maximum atomic E-state index is 12.9. The Morgan fingerprint density at radius 1 is 1.19 bits per heavy atom. The van der Waals surface area contributed by atoms with Crippen molar-refractivity contribution in [3.05, 3.63) is 54.1 Å². The van der Waals surface area contributed by atoms with Crippen LogP contribution in [0.5, 0.6) is 5.75 Å². The summed E-state index contributed by atoms with van der Waals surface area (Å²) in [6.07, 6.45) is 0.780. The number of likely N-dealkylation sites (tertiary alicyclic amines) is 1. The normalized spacial score (nSPS) is 17.0. The van der Waals surface area contributed by atoms with E-state index in [4.69, 9.17) is 10.5 Å². The number of anilines is 1. The fraction of sp³-hybridized carbons (Fsp3) is 0.316. The fourth-order valence-corrected chi connectivity index (χ4v) is 4.31. The van der Waals surface area contributed by atoms with Gasteiger partial charge in [0.15, 0.2) is 0 Å². The van der Waals surface area contributed by atoms with Gasteiger partial charge in [0, 0.05) is 31.7 Å². The lowest BCUT2D eigenvalue weighted by Crippen LogP contribution is -2.32. The third kappa shape index (κ3) is 3.77. The molecule has 1 fully saturated rings. The van der Waals surface area contributed by atoms with Crippen molar-refractivity contribution in [2.75, 3.05) is 31.6 Å². The van der Waals surface area contributed by atoms with Crippen LogP contribution in [0.2, 0.25) is 0 Å². The third-order valence-corrected chi connectivity index (χ3v) is 6.48. The number of nitrogens with two attached hydrogens (primary N) is 1. The van der Waals surface area contributed by atoms with Gasteiger partial charge in [0.25, 0.3) is 15.9 Å². The van der Waals surface area contributed by atoms with Crippen LogP contribution < -0.4 is 14.8 Å². The molecule has 144 valence electrons. The minimum Gasteiger partial charge on any atom is -0.495 e. The quantitative estimate of drug-likeness (QED) is 0.840. The van der Waals surface area contributed by atoms with Crippen LogP contribution in [0.15, 0.2) is 53.4 Å². The molecule has 1 amide bonds. The molecule has 0 aliphatic carbocycles. The van der Waals surface area contributed by atoms with Crippen LogP contribution in [-0.2, 0) is 10.0 Å². The molecule has 2 aromatic rings. The number of ether oxygens (including phenoxy) is 1. The van der Waals surface area contributed by atoms with Crippen molar-refractivity contribution in [2.45, 2.75) is 17.4 Å². The fourth-order valence-electron chi connectivity index (χ4n) is 3.10. The van der Waals surface area contributed by atoms with E-state index in [0.29, 0.717) is 30.1 Å². The summed E-state index contributed by atoms with van der Waals surface area (Å²) < 4.78 is 32.3. The summed E-state index contributed by atoms with van der Waals surface area (Å²) in [4.78, 5) is 14.3. The number of nitrogens with zero attached hydrogens (tertiary/aromatic N) is 2. The molecule has 0 spiro atoms. The minimum atomic E-state index is -3.79. The Morgan fingerprint density at radius 3 is 2.44 bits per heavy atom. The van der Waals surface area contributed by atoms with Crippen LogP contribution in [0.4, 0.5) is 5.69 Å². The topological polar surface area (TPSA) is 92.9 Å². The van der Waals surface area contributed by atoms with E-state index < -0.39 is 10.0 Å². The molecule has 0 unspecified atom stereocenters. The number of hydrogen-bond donors (Lipinski definition) is 1. The molecule has 1 aliphatic heterocycles. The second-order valence-corrected chi connectivity index (χ2v) is 8.44. The highest BCUT2D eigenvalue weighted by Gasteiger charge is 2.26. The second-order valence-electron chi connectivity index (χ2n) is 6.47. The Morgan fingerprint density at radius 2 is 1.85 bits per heavy atom. The summed E-state index contributed by atoms with van der Waals surface area (Å²) in [5.41, 5.74) is 6.73. The van der Waals surface area contributed by atoms with Gasteiger partial charge >= 0.3 is 0 Å². The molecule has 0 radical (unpaired) electrons. The van der Waals surface area contributed by atoms with Crippen molar-refractivity contribution in [3.8, 4) is 5.75 Å². The minimum absolute atomic E-state index is 0.00287.